The second kappa shape index (κ2) is 13.4. The first-order valence-electron chi connectivity index (χ1n) is 20.2. The number of benzene rings is 10. The molecule has 59 heavy (non-hydrogen) atoms. The third-order valence-corrected chi connectivity index (χ3v) is 12.0. The lowest BCUT2D eigenvalue weighted by Crippen LogP contribution is -2.10. The van der Waals surface area contributed by atoms with Crippen LogP contribution in [0.5, 0.6) is 0 Å². The van der Waals surface area contributed by atoms with Gasteiger partial charge in [0.1, 0.15) is 5.58 Å². The average Bonchev–Trinajstić information content (AvgIpc) is 3.87. The maximum atomic E-state index is 7.18. The summed E-state index contributed by atoms with van der Waals surface area (Å²) in [5.74, 6) is 0. The van der Waals surface area contributed by atoms with E-state index < -0.39 is 0 Å². The smallest absolute Gasteiger partial charge is 0.159 e. The van der Waals surface area contributed by atoms with Crippen LogP contribution in [0, 0.1) is 0 Å². The number of nitrogens with zero attached hydrogens (tertiary/aromatic N) is 2. The quantitative estimate of drug-likeness (QED) is 0.169. The van der Waals surface area contributed by atoms with E-state index >= 15 is 0 Å². The van der Waals surface area contributed by atoms with Crippen LogP contribution in [0.1, 0.15) is 0 Å². The fourth-order valence-corrected chi connectivity index (χ4v) is 9.29. The Hall–Kier alpha value is -7.88. The molecule has 0 aliphatic heterocycles. The lowest BCUT2D eigenvalue weighted by molar-refractivity contribution is 0.670. The van der Waals surface area contributed by atoms with Crippen LogP contribution in [-0.2, 0) is 0 Å². The van der Waals surface area contributed by atoms with Gasteiger partial charge in [-0.15, -0.1) is 0 Å². The summed E-state index contributed by atoms with van der Waals surface area (Å²) < 4.78 is 9.54. The van der Waals surface area contributed by atoms with Crippen molar-refractivity contribution in [1.82, 2.24) is 4.57 Å². The van der Waals surface area contributed by atoms with Crippen LogP contribution < -0.4 is 4.90 Å². The van der Waals surface area contributed by atoms with Crippen LogP contribution in [0.25, 0.3) is 93.2 Å². The molecule has 0 fully saturated rings. The molecule has 0 aliphatic rings. The molecule has 0 aliphatic carbocycles. The highest BCUT2D eigenvalue weighted by atomic mass is 16.3. The summed E-state index contributed by atoms with van der Waals surface area (Å²) in [6.07, 6.45) is 0. The lowest BCUT2D eigenvalue weighted by Gasteiger charge is -2.26. The van der Waals surface area contributed by atoms with E-state index in [9.17, 15) is 0 Å². The maximum Gasteiger partial charge on any atom is 0.159 e. The van der Waals surface area contributed by atoms with Crippen molar-refractivity contribution in [2.75, 3.05) is 4.90 Å². The summed E-state index contributed by atoms with van der Waals surface area (Å²) in [6.45, 7) is 0. The molecule has 0 N–H and O–H groups in total. The van der Waals surface area contributed by atoms with E-state index in [0.717, 1.165) is 55.8 Å². The summed E-state index contributed by atoms with van der Waals surface area (Å²) in [5, 5.41) is 9.57. The van der Waals surface area contributed by atoms with Gasteiger partial charge in [-0.1, -0.05) is 158 Å². The van der Waals surface area contributed by atoms with Crippen molar-refractivity contribution in [2.45, 2.75) is 0 Å². The van der Waals surface area contributed by atoms with Gasteiger partial charge >= 0.3 is 0 Å². The predicted octanol–water partition coefficient (Wildman–Crippen LogP) is 15.8. The van der Waals surface area contributed by atoms with Crippen molar-refractivity contribution in [1.29, 1.82) is 0 Å². The van der Waals surface area contributed by atoms with Gasteiger partial charge in [-0.25, -0.2) is 0 Å². The molecule has 276 valence electrons. The molecule has 2 heterocycles. The van der Waals surface area contributed by atoms with E-state index in [2.05, 4.69) is 228 Å². The SMILES string of the molecule is c1ccc(-c2cc3ccccc3c3c2oc2c(N(c4ccc(-c5cccc6ccccc56)cc4)c4ccc(-n5c6ccccc6c6ccccc65)cc4)cccc23)cc1. The number of anilines is 3. The fraction of sp³-hybridized carbons (Fsp3) is 0. The van der Waals surface area contributed by atoms with E-state index in [-0.39, 0.29) is 0 Å². The Labute approximate surface area is 341 Å². The topological polar surface area (TPSA) is 21.3 Å². The van der Waals surface area contributed by atoms with Crippen LogP contribution in [0.4, 0.5) is 17.1 Å². The number of aromatic nitrogens is 1. The summed E-state index contributed by atoms with van der Waals surface area (Å²) in [5.41, 5.74) is 12.9. The van der Waals surface area contributed by atoms with Crippen LogP contribution in [0.2, 0.25) is 0 Å². The van der Waals surface area contributed by atoms with E-state index in [0.29, 0.717) is 0 Å². The molecule has 0 unspecified atom stereocenters. The number of para-hydroxylation sites is 3. The van der Waals surface area contributed by atoms with Crippen LogP contribution >= 0.6 is 0 Å². The fourth-order valence-electron chi connectivity index (χ4n) is 9.29. The third-order valence-electron chi connectivity index (χ3n) is 12.0. The number of hydrogen-bond acceptors (Lipinski definition) is 2. The van der Waals surface area contributed by atoms with Gasteiger partial charge in [0.25, 0.3) is 0 Å². The van der Waals surface area contributed by atoms with E-state index in [1.807, 2.05) is 0 Å². The first-order chi connectivity index (χ1) is 29.3. The van der Waals surface area contributed by atoms with Gasteiger partial charge < -0.3 is 13.9 Å². The predicted molar refractivity (Wildman–Crippen MR) is 249 cm³/mol. The Morgan fingerprint density at radius 2 is 0.898 bits per heavy atom. The van der Waals surface area contributed by atoms with Crippen LogP contribution in [-0.4, -0.2) is 4.57 Å². The lowest BCUT2D eigenvalue weighted by atomic mass is 9.96. The van der Waals surface area contributed by atoms with E-state index in [1.165, 1.54) is 54.5 Å². The summed E-state index contributed by atoms with van der Waals surface area (Å²) in [6, 6.07) is 78.5. The van der Waals surface area contributed by atoms with Gasteiger partial charge in [-0.3, -0.25) is 0 Å². The maximum absolute atomic E-state index is 7.18. The molecule has 3 heteroatoms. The van der Waals surface area contributed by atoms with Crippen molar-refractivity contribution in [3.8, 4) is 27.9 Å². The van der Waals surface area contributed by atoms with Gasteiger partial charge in [-0.2, -0.15) is 0 Å². The Bertz CT molecular complexity index is 3480. The first-order valence-corrected chi connectivity index (χ1v) is 20.2. The molecule has 0 saturated carbocycles. The number of fused-ring (bicyclic) bond motifs is 9. The minimum atomic E-state index is 0.848. The molecule has 0 atom stereocenters. The molecule has 10 aromatic carbocycles. The monoisotopic (exact) mass is 752 g/mol. The van der Waals surface area contributed by atoms with E-state index in [4.69, 9.17) is 4.42 Å². The Kier molecular flexibility index (Phi) is 7.54. The summed E-state index contributed by atoms with van der Waals surface area (Å²) >= 11 is 0. The van der Waals surface area contributed by atoms with Crippen molar-refractivity contribution < 1.29 is 4.42 Å². The minimum absolute atomic E-state index is 0.848. The third kappa shape index (κ3) is 5.29. The Balaban J connectivity index is 1.08. The Morgan fingerprint density at radius 1 is 0.356 bits per heavy atom. The summed E-state index contributed by atoms with van der Waals surface area (Å²) in [4.78, 5) is 2.34. The molecule has 3 nitrogen and oxygen atoms in total. The molecule has 12 aromatic rings. The zero-order valence-corrected chi connectivity index (χ0v) is 32.1. The van der Waals surface area contributed by atoms with Crippen molar-refractivity contribution in [2.24, 2.45) is 0 Å². The molecule has 0 bridgehead atoms. The minimum Gasteiger partial charge on any atom is -0.453 e. The van der Waals surface area contributed by atoms with Gasteiger partial charge in [0.15, 0.2) is 5.58 Å². The highest BCUT2D eigenvalue weighted by Gasteiger charge is 2.23. The van der Waals surface area contributed by atoms with Crippen molar-refractivity contribution >= 4 is 82.4 Å². The first kappa shape index (κ1) is 33.3. The van der Waals surface area contributed by atoms with Gasteiger partial charge in [0, 0.05) is 44.2 Å². The molecule has 0 amide bonds. The van der Waals surface area contributed by atoms with Crippen LogP contribution in [0.15, 0.2) is 223 Å². The van der Waals surface area contributed by atoms with Crippen LogP contribution in [0.3, 0.4) is 0 Å². The molecule has 2 aromatic heterocycles. The average molecular weight is 753 g/mol. The van der Waals surface area contributed by atoms with E-state index in [1.54, 1.807) is 0 Å². The second-order valence-corrected chi connectivity index (χ2v) is 15.3. The molecule has 0 radical (unpaired) electrons. The number of furan rings is 1. The van der Waals surface area contributed by atoms with Gasteiger partial charge in [0.05, 0.1) is 16.7 Å². The van der Waals surface area contributed by atoms with Gasteiger partial charge in [0.2, 0.25) is 0 Å². The molecular weight excluding hydrogens is 717 g/mol. The van der Waals surface area contributed by atoms with Crippen molar-refractivity contribution in [3.05, 3.63) is 218 Å². The zero-order chi connectivity index (χ0) is 38.9. The Morgan fingerprint density at radius 3 is 1.63 bits per heavy atom. The molecular formula is C56H36N2O. The molecule has 0 saturated heterocycles. The summed E-state index contributed by atoms with van der Waals surface area (Å²) in [7, 11) is 0. The normalized spacial score (nSPS) is 11.7. The zero-order valence-electron chi connectivity index (χ0n) is 32.1. The highest BCUT2D eigenvalue weighted by molar-refractivity contribution is 6.24. The van der Waals surface area contributed by atoms with Crippen molar-refractivity contribution in [3.63, 3.8) is 0 Å². The van der Waals surface area contributed by atoms with Gasteiger partial charge in [-0.05, 0) is 98.9 Å². The largest absolute Gasteiger partial charge is 0.453 e. The molecule has 0 spiro atoms. The second-order valence-electron chi connectivity index (χ2n) is 15.3. The highest BCUT2D eigenvalue weighted by Crippen LogP contribution is 2.47. The standard InChI is InChI=1S/C56H36N2O/c1-2-14-38(15-3-1)50-36-40-17-5-7-20-46(40)54-49-24-13-27-53(55(49)59-56(50)54)57(41-30-28-39(29-31-41)45-23-12-18-37-16-4-6-19-44(37)45)42-32-34-43(35-33-42)58-51-25-10-8-21-47(51)48-22-9-11-26-52(48)58/h1-36H. The number of hydrogen-bond donors (Lipinski definition) is 0. The number of rotatable bonds is 6. The molecule has 12 rings (SSSR count).